The molecule has 10 heteroatoms. The van der Waals surface area contributed by atoms with E-state index in [1.54, 1.807) is 23.5 Å². The standard InChI is InChI=1S/C10H10N4O4S2/c11-5-1-2-6-7(3-5)19-10(13-6)20(17,18)4-8(15)14-9(12)16/h1-3H,4,11H2,(H3,12,14,15,16). The molecule has 0 aliphatic heterocycles. The summed E-state index contributed by atoms with van der Waals surface area (Å²) in [5.74, 6) is -1.90. The van der Waals surface area contributed by atoms with Crippen LogP contribution in [-0.4, -0.2) is 31.1 Å². The third-order valence-electron chi connectivity index (χ3n) is 2.24. The summed E-state index contributed by atoms with van der Waals surface area (Å²) < 4.78 is 24.4. The van der Waals surface area contributed by atoms with Gasteiger partial charge in [0, 0.05) is 5.69 Å². The Morgan fingerprint density at radius 1 is 1.35 bits per heavy atom. The number of hydrogen-bond acceptors (Lipinski definition) is 7. The van der Waals surface area contributed by atoms with E-state index in [-0.39, 0.29) is 4.34 Å². The number of anilines is 1. The van der Waals surface area contributed by atoms with Crippen LogP contribution in [0.15, 0.2) is 22.5 Å². The maximum Gasteiger partial charge on any atom is 0.318 e. The minimum Gasteiger partial charge on any atom is -0.399 e. The lowest BCUT2D eigenvalue weighted by atomic mass is 10.3. The normalized spacial score (nSPS) is 11.4. The molecule has 5 N–H and O–H groups in total. The number of amides is 3. The lowest BCUT2D eigenvalue weighted by Gasteiger charge is -2.00. The van der Waals surface area contributed by atoms with E-state index < -0.39 is 27.5 Å². The predicted octanol–water partition coefficient (Wildman–Crippen LogP) is -0.153. The summed E-state index contributed by atoms with van der Waals surface area (Å²) in [6, 6.07) is 3.67. The van der Waals surface area contributed by atoms with Gasteiger partial charge in [0.15, 0.2) is 0 Å². The number of nitrogens with zero attached hydrogens (tertiary/aromatic N) is 1. The molecular weight excluding hydrogens is 304 g/mol. The molecule has 8 nitrogen and oxygen atoms in total. The summed E-state index contributed by atoms with van der Waals surface area (Å²) >= 11 is 0.904. The number of nitrogens with two attached hydrogens (primary N) is 2. The van der Waals surface area contributed by atoms with Crippen molar-refractivity contribution < 1.29 is 18.0 Å². The highest BCUT2D eigenvalue weighted by Gasteiger charge is 2.24. The van der Waals surface area contributed by atoms with Crippen LogP contribution < -0.4 is 16.8 Å². The number of carbonyl (C=O) groups is 2. The molecule has 0 fully saturated rings. The SMILES string of the molecule is NC(=O)NC(=O)CS(=O)(=O)c1nc2ccc(N)cc2s1. The van der Waals surface area contributed by atoms with Gasteiger partial charge in [-0.1, -0.05) is 0 Å². The van der Waals surface area contributed by atoms with E-state index in [1.165, 1.54) is 0 Å². The number of primary amides is 1. The first-order valence-electron chi connectivity index (χ1n) is 5.26. The molecule has 0 spiro atoms. The van der Waals surface area contributed by atoms with Gasteiger partial charge < -0.3 is 11.5 Å². The molecule has 0 saturated heterocycles. The molecule has 0 aliphatic carbocycles. The fraction of sp³-hybridized carbons (Fsp3) is 0.100. The number of sulfone groups is 1. The van der Waals surface area contributed by atoms with E-state index in [0.29, 0.717) is 15.9 Å². The number of thiazole rings is 1. The van der Waals surface area contributed by atoms with Gasteiger partial charge in [-0.05, 0) is 18.2 Å². The average molecular weight is 314 g/mol. The molecule has 0 bridgehead atoms. The first kappa shape index (κ1) is 14.2. The lowest BCUT2D eigenvalue weighted by Crippen LogP contribution is -2.38. The van der Waals surface area contributed by atoms with Gasteiger partial charge in [-0.15, -0.1) is 11.3 Å². The second-order valence-corrected chi connectivity index (χ2v) is 7.07. The Morgan fingerprint density at radius 2 is 2.05 bits per heavy atom. The maximum atomic E-state index is 12.0. The number of fused-ring (bicyclic) bond motifs is 1. The summed E-state index contributed by atoms with van der Waals surface area (Å²) in [5, 5.41) is 1.69. The van der Waals surface area contributed by atoms with Crippen LogP contribution in [0.1, 0.15) is 0 Å². The fourth-order valence-electron chi connectivity index (χ4n) is 1.46. The van der Waals surface area contributed by atoms with Crippen molar-refractivity contribution in [1.82, 2.24) is 10.3 Å². The number of nitrogens with one attached hydrogen (secondary N) is 1. The zero-order valence-electron chi connectivity index (χ0n) is 9.99. The van der Waals surface area contributed by atoms with Crippen molar-refractivity contribution in [3.05, 3.63) is 18.2 Å². The Hall–Kier alpha value is -2.20. The molecule has 0 unspecified atom stereocenters. The highest BCUT2D eigenvalue weighted by atomic mass is 32.2. The van der Waals surface area contributed by atoms with E-state index >= 15 is 0 Å². The van der Waals surface area contributed by atoms with Gasteiger partial charge in [0.1, 0.15) is 5.75 Å². The number of nitrogen functional groups attached to an aromatic ring is 1. The van der Waals surface area contributed by atoms with Crippen LogP contribution in [0, 0.1) is 0 Å². The van der Waals surface area contributed by atoms with Crippen LogP contribution >= 0.6 is 11.3 Å². The lowest BCUT2D eigenvalue weighted by molar-refractivity contribution is -0.117. The van der Waals surface area contributed by atoms with Gasteiger partial charge in [-0.25, -0.2) is 18.2 Å². The van der Waals surface area contributed by atoms with Gasteiger partial charge in [-0.3, -0.25) is 10.1 Å². The smallest absolute Gasteiger partial charge is 0.318 e. The molecule has 0 atom stereocenters. The third kappa shape index (κ3) is 3.03. The minimum atomic E-state index is -3.93. The third-order valence-corrected chi connectivity index (χ3v) is 5.33. The monoisotopic (exact) mass is 314 g/mol. The number of benzene rings is 1. The van der Waals surface area contributed by atoms with E-state index in [4.69, 9.17) is 11.5 Å². The molecule has 0 radical (unpaired) electrons. The highest BCUT2D eigenvalue weighted by molar-refractivity contribution is 7.94. The van der Waals surface area contributed by atoms with Crippen molar-refractivity contribution in [2.24, 2.45) is 5.73 Å². The summed E-state index contributed by atoms with van der Waals surface area (Å²) in [6.45, 7) is 0. The molecule has 0 aliphatic rings. The van der Waals surface area contributed by atoms with Gasteiger partial charge in [0.2, 0.25) is 20.1 Å². The van der Waals surface area contributed by atoms with Gasteiger partial charge >= 0.3 is 6.03 Å². The zero-order chi connectivity index (χ0) is 14.9. The van der Waals surface area contributed by atoms with E-state index in [1.807, 2.05) is 0 Å². The van der Waals surface area contributed by atoms with Crippen LogP contribution in [0.25, 0.3) is 10.2 Å². The quantitative estimate of drug-likeness (QED) is 0.671. The summed E-state index contributed by atoms with van der Waals surface area (Å²) in [7, 11) is -3.93. The molecule has 20 heavy (non-hydrogen) atoms. The summed E-state index contributed by atoms with van der Waals surface area (Å²) in [6.07, 6.45) is 0. The molecular formula is C10H10N4O4S2. The van der Waals surface area contributed by atoms with Crippen LogP contribution in [0.2, 0.25) is 0 Å². The molecule has 2 rings (SSSR count). The Balaban J connectivity index is 2.32. The molecule has 3 amide bonds. The average Bonchev–Trinajstić information content (AvgIpc) is 2.70. The number of hydrogen-bond donors (Lipinski definition) is 3. The predicted molar refractivity (Wildman–Crippen MR) is 73.8 cm³/mol. The molecule has 106 valence electrons. The summed E-state index contributed by atoms with van der Waals surface area (Å²) in [4.78, 5) is 25.7. The zero-order valence-corrected chi connectivity index (χ0v) is 11.6. The van der Waals surface area contributed by atoms with E-state index in [0.717, 1.165) is 11.3 Å². The first-order valence-corrected chi connectivity index (χ1v) is 7.73. The Labute approximate surface area is 117 Å². The fourth-order valence-corrected chi connectivity index (χ4v) is 3.94. The maximum absolute atomic E-state index is 12.0. The number of rotatable bonds is 3. The Morgan fingerprint density at radius 3 is 2.70 bits per heavy atom. The van der Waals surface area contributed by atoms with Crippen molar-refractivity contribution >= 4 is 49.0 Å². The van der Waals surface area contributed by atoms with Crippen molar-refractivity contribution in [3.63, 3.8) is 0 Å². The Bertz CT molecular complexity index is 797. The second-order valence-electron chi connectivity index (χ2n) is 3.88. The molecule has 1 aromatic carbocycles. The molecule has 1 aromatic heterocycles. The van der Waals surface area contributed by atoms with Crippen molar-refractivity contribution in [2.75, 3.05) is 11.5 Å². The topological polar surface area (TPSA) is 145 Å². The van der Waals surface area contributed by atoms with Crippen LogP contribution in [0.4, 0.5) is 10.5 Å². The van der Waals surface area contributed by atoms with Crippen LogP contribution in [0.3, 0.4) is 0 Å². The largest absolute Gasteiger partial charge is 0.399 e. The van der Waals surface area contributed by atoms with Crippen LogP contribution in [0.5, 0.6) is 0 Å². The van der Waals surface area contributed by atoms with E-state index in [2.05, 4.69) is 4.98 Å². The number of carbonyl (C=O) groups excluding carboxylic acids is 2. The minimum absolute atomic E-state index is 0.210. The van der Waals surface area contributed by atoms with Crippen molar-refractivity contribution in [2.45, 2.75) is 4.34 Å². The number of urea groups is 1. The molecule has 2 aromatic rings. The summed E-state index contributed by atoms with van der Waals surface area (Å²) in [5.41, 5.74) is 11.3. The van der Waals surface area contributed by atoms with Crippen LogP contribution in [-0.2, 0) is 14.6 Å². The van der Waals surface area contributed by atoms with Gasteiger partial charge in [0.05, 0.1) is 10.2 Å². The van der Waals surface area contributed by atoms with Gasteiger partial charge in [0.25, 0.3) is 0 Å². The van der Waals surface area contributed by atoms with Crippen molar-refractivity contribution in [1.29, 1.82) is 0 Å². The molecule has 0 saturated carbocycles. The molecule has 1 heterocycles. The second kappa shape index (κ2) is 5.06. The van der Waals surface area contributed by atoms with E-state index in [9.17, 15) is 18.0 Å². The highest BCUT2D eigenvalue weighted by Crippen LogP contribution is 2.27. The first-order chi connectivity index (χ1) is 9.28. The number of aromatic nitrogens is 1. The van der Waals surface area contributed by atoms with Crippen molar-refractivity contribution in [3.8, 4) is 0 Å². The number of imide groups is 1. The Kier molecular flexibility index (Phi) is 3.59. The van der Waals surface area contributed by atoms with Gasteiger partial charge in [-0.2, -0.15) is 0 Å².